The van der Waals surface area contributed by atoms with E-state index in [-0.39, 0.29) is 5.91 Å². The number of carboxylic acid groups (broad SMARTS) is 1. The van der Waals surface area contributed by atoms with Crippen LogP contribution in [-0.2, 0) is 17.8 Å². The fourth-order valence-electron chi connectivity index (χ4n) is 2.34. The number of nitrogens with one attached hydrogen (secondary N) is 1. The molecular formula is C19H21NO3S. The van der Waals surface area contributed by atoms with Crippen LogP contribution in [0.1, 0.15) is 35.3 Å². The Hall–Kier alpha value is -2.27. The zero-order valence-corrected chi connectivity index (χ0v) is 14.6. The van der Waals surface area contributed by atoms with Crippen LogP contribution in [0.25, 0.3) is 0 Å². The first-order valence-corrected chi connectivity index (χ1v) is 8.74. The Morgan fingerprint density at radius 2 is 1.71 bits per heavy atom. The number of benzene rings is 2. The summed E-state index contributed by atoms with van der Waals surface area (Å²) in [5.41, 5.74) is 2.81. The zero-order chi connectivity index (χ0) is 17.5. The van der Waals surface area contributed by atoms with Crippen LogP contribution in [0.2, 0.25) is 0 Å². The van der Waals surface area contributed by atoms with E-state index in [0.717, 1.165) is 12.0 Å². The number of amides is 1. The number of aliphatic carboxylic acids is 1. The third-order valence-electron chi connectivity index (χ3n) is 3.72. The average Bonchev–Trinajstić information content (AvgIpc) is 2.60. The molecule has 2 rings (SSSR count). The number of carboxylic acids is 1. The molecule has 0 spiro atoms. The van der Waals surface area contributed by atoms with Crippen LogP contribution < -0.4 is 5.32 Å². The Morgan fingerprint density at radius 1 is 1.08 bits per heavy atom. The minimum absolute atomic E-state index is 0.193. The van der Waals surface area contributed by atoms with E-state index >= 15 is 0 Å². The predicted octanol–water partition coefficient (Wildman–Crippen LogP) is 3.74. The molecule has 24 heavy (non-hydrogen) atoms. The fraction of sp³-hybridized carbons (Fsp3) is 0.263. The minimum atomic E-state index is -0.896. The van der Waals surface area contributed by atoms with Gasteiger partial charge in [0.15, 0.2) is 0 Å². The molecule has 0 radical (unpaired) electrons. The van der Waals surface area contributed by atoms with E-state index in [1.807, 2.05) is 18.2 Å². The van der Waals surface area contributed by atoms with E-state index in [2.05, 4.69) is 18.3 Å². The van der Waals surface area contributed by atoms with Crippen molar-refractivity contribution in [2.75, 3.05) is 0 Å². The van der Waals surface area contributed by atoms with Gasteiger partial charge >= 0.3 is 5.97 Å². The number of carbonyl (C=O) groups excluding carboxylic acids is 1. The maximum atomic E-state index is 12.5. The van der Waals surface area contributed by atoms with Gasteiger partial charge < -0.3 is 10.4 Å². The third-order valence-corrected chi connectivity index (χ3v) is 4.89. The minimum Gasteiger partial charge on any atom is -0.480 e. The molecule has 4 nitrogen and oxygen atoms in total. The van der Waals surface area contributed by atoms with Gasteiger partial charge in [-0.3, -0.25) is 9.59 Å². The Morgan fingerprint density at radius 3 is 2.38 bits per heavy atom. The maximum Gasteiger partial charge on any atom is 0.316 e. The van der Waals surface area contributed by atoms with Gasteiger partial charge in [-0.1, -0.05) is 43.3 Å². The van der Waals surface area contributed by atoms with Gasteiger partial charge in [0.05, 0.1) is 5.56 Å². The summed E-state index contributed by atoms with van der Waals surface area (Å²) in [5.74, 6) is -1.09. The van der Waals surface area contributed by atoms with Gasteiger partial charge in [0.2, 0.25) is 0 Å². The van der Waals surface area contributed by atoms with Crippen LogP contribution in [0.3, 0.4) is 0 Å². The molecule has 0 saturated heterocycles. The molecule has 2 aromatic rings. The van der Waals surface area contributed by atoms with E-state index in [1.54, 1.807) is 31.2 Å². The SMILES string of the molecule is CCc1ccccc1CNC(=O)c1ccccc1SC(C)C(=O)O. The number of aryl methyl sites for hydroxylation is 1. The summed E-state index contributed by atoms with van der Waals surface area (Å²) in [5, 5.41) is 11.4. The van der Waals surface area contributed by atoms with Gasteiger partial charge in [0, 0.05) is 11.4 Å². The van der Waals surface area contributed by atoms with E-state index < -0.39 is 11.2 Å². The highest BCUT2D eigenvalue weighted by atomic mass is 32.2. The van der Waals surface area contributed by atoms with Crippen LogP contribution in [0, 0.1) is 0 Å². The van der Waals surface area contributed by atoms with Gasteiger partial charge in [-0.15, -0.1) is 11.8 Å². The van der Waals surface area contributed by atoms with Crippen molar-refractivity contribution in [2.45, 2.75) is 37.0 Å². The van der Waals surface area contributed by atoms with Crippen LogP contribution in [0.5, 0.6) is 0 Å². The highest BCUT2D eigenvalue weighted by Crippen LogP contribution is 2.27. The summed E-state index contributed by atoms with van der Waals surface area (Å²) in [4.78, 5) is 24.2. The first kappa shape index (κ1) is 18.1. The molecule has 0 fully saturated rings. The largest absolute Gasteiger partial charge is 0.480 e. The van der Waals surface area contributed by atoms with Gasteiger partial charge in [-0.05, 0) is 36.6 Å². The molecule has 0 aliphatic carbocycles. The second kappa shape index (κ2) is 8.55. The molecular weight excluding hydrogens is 322 g/mol. The standard InChI is InChI=1S/C19H21NO3S/c1-3-14-8-4-5-9-15(14)12-20-18(21)16-10-6-7-11-17(16)24-13(2)19(22)23/h4-11,13H,3,12H2,1-2H3,(H,20,21)(H,22,23). The van der Waals surface area contributed by atoms with Crippen LogP contribution in [-0.4, -0.2) is 22.2 Å². The Balaban J connectivity index is 2.11. The summed E-state index contributed by atoms with van der Waals surface area (Å²) in [7, 11) is 0. The highest BCUT2D eigenvalue weighted by Gasteiger charge is 2.17. The number of hydrogen-bond donors (Lipinski definition) is 2. The molecule has 5 heteroatoms. The number of rotatable bonds is 7. The highest BCUT2D eigenvalue weighted by molar-refractivity contribution is 8.00. The number of hydrogen-bond acceptors (Lipinski definition) is 3. The molecule has 126 valence electrons. The van der Waals surface area contributed by atoms with Gasteiger partial charge in [0.25, 0.3) is 5.91 Å². The summed E-state index contributed by atoms with van der Waals surface area (Å²) < 4.78 is 0. The van der Waals surface area contributed by atoms with E-state index in [1.165, 1.54) is 17.3 Å². The lowest BCUT2D eigenvalue weighted by Crippen LogP contribution is -2.24. The molecule has 1 atom stereocenters. The number of thioether (sulfide) groups is 1. The molecule has 0 aliphatic heterocycles. The summed E-state index contributed by atoms with van der Waals surface area (Å²) in [6.07, 6.45) is 0.911. The lowest BCUT2D eigenvalue weighted by atomic mass is 10.1. The average molecular weight is 343 g/mol. The van der Waals surface area contributed by atoms with Gasteiger partial charge in [-0.2, -0.15) is 0 Å². The van der Waals surface area contributed by atoms with Gasteiger partial charge in [-0.25, -0.2) is 0 Å². The fourth-order valence-corrected chi connectivity index (χ4v) is 3.27. The van der Waals surface area contributed by atoms with Crippen molar-refractivity contribution < 1.29 is 14.7 Å². The smallest absolute Gasteiger partial charge is 0.316 e. The second-order valence-corrected chi connectivity index (χ2v) is 6.78. The van der Waals surface area contributed by atoms with Crippen molar-refractivity contribution in [3.63, 3.8) is 0 Å². The summed E-state index contributed by atoms with van der Waals surface area (Å²) in [6.45, 7) is 4.15. The lowest BCUT2D eigenvalue weighted by molar-refractivity contribution is -0.136. The zero-order valence-electron chi connectivity index (χ0n) is 13.8. The lowest BCUT2D eigenvalue weighted by Gasteiger charge is -2.13. The van der Waals surface area contributed by atoms with Crippen molar-refractivity contribution in [1.29, 1.82) is 0 Å². The quantitative estimate of drug-likeness (QED) is 0.752. The van der Waals surface area contributed by atoms with Gasteiger partial charge in [0.1, 0.15) is 5.25 Å². The van der Waals surface area contributed by atoms with Crippen LogP contribution in [0.15, 0.2) is 53.4 Å². The van der Waals surface area contributed by atoms with Crippen molar-refractivity contribution in [3.05, 3.63) is 65.2 Å². The molecule has 1 unspecified atom stereocenters. The Kier molecular flexibility index (Phi) is 6.44. The van der Waals surface area contributed by atoms with Crippen molar-refractivity contribution in [2.24, 2.45) is 0 Å². The first-order chi connectivity index (χ1) is 11.5. The van der Waals surface area contributed by atoms with Crippen molar-refractivity contribution in [3.8, 4) is 0 Å². The van der Waals surface area contributed by atoms with Crippen LogP contribution >= 0.6 is 11.8 Å². The summed E-state index contributed by atoms with van der Waals surface area (Å²) in [6, 6.07) is 15.1. The normalized spacial score (nSPS) is 11.8. The van der Waals surface area contributed by atoms with E-state index in [4.69, 9.17) is 5.11 Å². The molecule has 0 saturated carbocycles. The topological polar surface area (TPSA) is 66.4 Å². The van der Waals surface area contributed by atoms with Crippen molar-refractivity contribution >= 4 is 23.6 Å². The predicted molar refractivity (Wildman–Crippen MR) is 96.4 cm³/mol. The summed E-state index contributed by atoms with van der Waals surface area (Å²) >= 11 is 1.18. The molecule has 1 amide bonds. The third kappa shape index (κ3) is 4.61. The molecule has 2 N–H and O–H groups in total. The molecule has 0 bridgehead atoms. The monoisotopic (exact) mass is 343 g/mol. The number of carbonyl (C=O) groups is 2. The molecule has 0 heterocycles. The second-order valence-electron chi connectivity index (χ2n) is 5.40. The Bertz CT molecular complexity index is 730. The van der Waals surface area contributed by atoms with Crippen molar-refractivity contribution in [1.82, 2.24) is 5.32 Å². The maximum absolute atomic E-state index is 12.5. The molecule has 0 aromatic heterocycles. The van der Waals surface area contributed by atoms with Crippen LogP contribution in [0.4, 0.5) is 0 Å². The van der Waals surface area contributed by atoms with E-state index in [9.17, 15) is 9.59 Å². The molecule has 0 aliphatic rings. The van der Waals surface area contributed by atoms with E-state index in [0.29, 0.717) is 17.0 Å². The first-order valence-electron chi connectivity index (χ1n) is 7.86. The Labute approximate surface area is 146 Å². The molecule has 2 aromatic carbocycles.